The quantitative estimate of drug-likeness (QED) is 0.442. The average Bonchev–Trinajstić information content (AvgIpc) is 2.78. The number of ether oxygens (including phenoxy) is 1. The standard InChI is InChI=1S/C25H24N4O2/c1-16(2)20-13-21(17(3)12-23(20)31-4)24-28-22-10-6-5-9-19(22)25(30)29(24)27-15-18-8-7-11-26-14-18/h5-16H,1-4H3. The highest BCUT2D eigenvalue weighted by Crippen LogP contribution is 2.34. The zero-order valence-corrected chi connectivity index (χ0v) is 18.0. The maximum atomic E-state index is 13.4. The van der Waals surface area contributed by atoms with E-state index in [0.29, 0.717) is 16.7 Å². The van der Waals surface area contributed by atoms with Gasteiger partial charge in [-0.15, -0.1) is 0 Å². The molecule has 0 bridgehead atoms. The number of fused-ring (bicyclic) bond motifs is 1. The van der Waals surface area contributed by atoms with Gasteiger partial charge in [0.15, 0.2) is 5.82 Å². The van der Waals surface area contributed by atoms with Crippen molar-refractivity contribution < 1.29 is 4.74 Å². The average molecular weight is 412 g/mol. The number of nitrogens with zero attached hydrogens (tertiary/aromatic N) is 4. The molecule has 2 aromatic carbocycles. The zero-order valence-electron chi connectivity index (χ0n) is 18.0. The summed E-state index contributed by atoms with van der Waals surface area (Å²) in [5.41, 5.74) is 4.05. The summed E-state index contributed by atoms with van der Waals surface area (Å²) in [6.07, 6.45) is 5.01. The molecule has 156 valence electrons. The second-order valence-corrected chi connectivity index (χ2v) is 7.66. The summed E-state index contributed by atoms with van der Waals surface area (Å²) in [5.74, 6) is 1.56. The Kier molecular flexibility index (Phi) is 5.62. The smallest absolute Gasteiger partial charge is 0.282 e. The van der Waals surface area contributed by atoms with E-state index in [2.05, 4.69) is 23.9 Å². The Morgan fingerprint density at radius 1 is 1.13 bits per heavy atom. The van der Waals surface area contributed by atoms with Crippen LogP contribution < -0.4 is 10.3 Å². The fourth-order valence-electron chi connectivity index (χ4n) is 3.55. The summed E-state index contributed by atoms with van der Waals surface area (Å²) in [6.45, 7) is 6.20. The van der Waals surface area contributed by atoms with Crippen molar-refractivity contribution in [1.29, 1.82) is 0 Å². The number of pyridine rings is 1. The minimum atomic E-state index is -0.220. The number of aryl methyl sites for hydroxylation is 1. The number of methoxy groups -OCH3 is 1. The summed E-state index contributed by atoms with van der Waals surface area (Å²) in [4.78, 5) is 22.3. The van der Waals surface area contributed by atoms with Crippen molar-refractivity contribution in [2.75, 3.05) is 7.11 Å². The number of aromatic nitrogens is 3. The van der Waals surface area contributed by atoms with Crippen molar-refractivity contribution in [3.63, 3.8) is 0 Å². The van der Waals surface area contributed by atoms with E-state index in [9.17, 15) is 4.79 Å². The molecule has 4 aromatic rings. The van der Waals surface area contributed by atoms with E-state index in [1.54, 1.807) is 31.8 Å². The fourth-order valence-corrected chi connectivity index (χ4v) is 3.55. The van der Waals surface area contributed by atoms with Gasteiger partial charge in [-0.2, -0.15) is 9.78 Å². The first-order chi connectivity index (χ1) is 15.0. The molecule has 6 nitrogen and oxygen atoms in total. The Morgan fingerprint density at radius 2 is 1.94 bits per heavy atom. The molecule has 0 aliphatic rings. The van der Waals surface area contributed by atoms with Crippen molar-refractivity contribution in [2.45, 2.75) is 26.7 Å². The summed E-state index contributed by atoms with van der Waals surface area (Å²) < 4.78 is 6.95. The van der Waals surface area contributed by atoms with Crippen LogP contribution in [0.3, 0.4) is 0 Å². The lowest BCUT2D eigenvalue weighted by Crippen LogP contribution is -2.20. The van der Waals surface area contributed by atoms with Crippen molar-refractivity contribution in [3.05, 3.63) is 88.0 Å². The van der Waals surface area contributed by atoms with Crippen LogP contribution >= 0.6 is 0 Å². The van der Waals surface area contributed by atoms with Crippen LogP contribution in [-0.2, 0) is 0 Å². The van der Waals surface area contributed by atoms with E-state index < -0.39 is 0 Å². The normalized spacial score (nSPS) is 11.5. The fraction of sp³-hybridized carbons (Fsp3) is 0.200. The van der Waals surface area contributed by atoms with Gasteiger partial charge in [-0.05, 0) is 54.3 Å². The third-order valence-corrected chi connectivity index (χ3v) is 5.20. The molecule has 4 rings (SSSR count). The van der Waals surface area contributed by atoms with E-state index >= 15 is 0 Å². The van der Waals surface area contributed by atoms with Crippen LogP contribution in [0.25, 0.3) is 22.3 Å². The maximum absolute atomic E-state index is 13.4. The van der Waals surface area contributed by atoms with Crippen LogP contribution in [0.5, 0.6) is 5.75 Å². The number of hydrogen-bond acceptors (Lipinski definition) is 5. The van der Waals surface area contributed by atoms with E-state index in [1.807, 2.05) is 49.4 Å². The molecule has 2 aromatic heterocycles. The minimum Gasteiger partial charge on any atom is -0.496 e. The van der Waals surface area contributed by atoms with E-state index in [-0.39, 0.29) is 11.5 Å². The lowest BCUT2D eigenvalue weighted by molar-refractivity contribution is 0.407. The first-order valence-electron chi connectivity index (χ1n) is 10.1. The highest BCUT2D eigenvalue weighted by molar-refractivity contribution is 5.82. The van der Waals surface area contributed by atoms with Crippen molar-refractivity contribution >= 4 is 17.1 Å². The molecule has 0 fully saturated rings. The third kappa shape index (κ3) is 3.97. The number of hydrogen-bond donors (Lipinski definition) is 0. The largest absolute Gasteiger partial charge is 0.496 e. The Morgan fingerprint density at radius 3 is 2.65 bits per heavy atom. The van der Waals surface area contributed by atoms with Crippen molar-refractivity contribution in [2.24, 2.45) is 5.10 Å². The Labute approximate surface area is 180 Å². The summed E-state index contributed by atoms with van der Waals surface area (Å²) in [6, 6.07) is 15.1. The summed E-state index contributed by atoms with van der Waals surface area (Å²) in [7, 11) is 1.67. The predicted molar refractivity (Wildman–Crippen MR) is 124 cm³/mol. The Bertz CT molecular complexity index is 1320. The van der Waals surface area contributed by atoms with Gasteiger partial charge in [0.05, 0.1) is 24.2 Å². The molecule has 0 spiro atoms. The van der Waals surface area contributed by atoms with E-state index in [0.717, 1.165) is 28.0 Å². The summed E-state index contributed by atoms with van der Waals surface area (Å²) >= 11 is 0. The molecule has 0 unspecified atom stereocenters. The summed E-state index contributed by atoms with van der Waals surface area (Å²) in [5, 5.41) is 5.02. The molecule has 0 atom stereocenters. The molecule has 0 N–H and O–H groups in total. The molecule has 0 aliphatic heterocycles. The molecule has 0 saturated heterocycles. The minimum absolute atomic E-state index is 0.220. The van der Waals surface area contributed by atoms with Gasteiger partial charge < -0.3 is 4.74 Å². The van der Waals surface area contributed by atoms with Gasteiger partial charge >= 0.3 is 0 Å². The monoisotopic (exact) mass is 412 g/mol. The van der Waals surface area contributed by atoms with Crippen molar-refractivity contribution in [3.8, 4) is 17.1 Å². The molecular weight excluding hydrogens is 388 g/mol. The molecule has 31 heavy (non-hydrogen) atoms. The van der Waals surface area contributed by atoms with Crippen LogP contribution in [0, 0.1) is 6.92 Å². The number of para-hydroxylation sites is 1. The molecule has 0 amide bonds. The van der Waals surface area contributed by atoms with Crippen LogP contribution in [0.1, 0.15) is 36.5 Å². The first kappa shape index (κ1) is 20.5. The van der Waals surface area contributed by atoms with E-state index in [4.69, 9.17) is 9.72 Å². The molecule has 0 saturated carbocycles. The van der Waals surface area contributed by atoms with Crippen LogP contribution in [0.4, 0.5) is 0 Å². The van der Waals surface area contributed by atoms with Gasteiger partial charge in [-0.25, -0.2) is 4.98 Å². The lowest BCUT2D eigenvalue weighted by atomic mass is 9.96. The molecular formula is C25H24N4O2. The van der Waals surface area contributed by atoms with Crippen LogP contribution in [-0.4, -0.2) is 28.0 Å². The van der Waals surface area contributed by atoms with Gasteiger partial charge in [0.25, 0.3) is 5.56 Å². The first-order valence-corrected chi connectivity index (χ1v) is 10.1. The highest BCUT2D eigenvalue weighted by Gasteiger charge is 2.18. The van der Waals surface area contributed by atoms with Crippen molar-refractivity contribution in [1.82, 2.24) is 14.6 Å². The second-order valence-electron chi connectivity index (χ2n) is 7.66. The maximum Gasteiger partial charge on any atom is 0.282 e. The van der Waals surface area contributed by atoms with Gasteiger partial charge in [-0.1, -0.05) is 32.0 Å². The van der Waals surface area contributed by atoms with Crippen LogP contribution in [0.15, 0.2) is 70.8 Å². The lowest BCUT2D eigenvalue weighted by Gasteiger charge is -2.17. The Balaban J connectivity index is 2.00. The van der Waals surface area contributed by atoms with Gasteiger partial charge in [0, 0.05) is 23.5 Å². The topological polar surface area (TPSA) is 69.4 Å². The van der Waals surface area contributed by atoms with Gasteiger partial charge in [0.1, 0.15) is 5.75 Å². The number of rotatable bonds is 5. The van der Waals surface area contributed by atoms with E-state index in [1.165, 1.54) is 4.68 Å². The molecule has 0 aliphatic carbocycles. The van der Waals surface area contributed by atoms with Gasteiger partial charge in [0.2, 0.25) is 0 Å². The predicted octanol–water partition coefficient (Wildman–Crippen LogP) is 4.78. The molecule has 2 heterocycles. The molecule has 0 radical (unpaired) electrons. The molecule has 6 heteroatoms. The number of benzene rings is 2. The SMILES string of the molecule is COc1cc(C)c(-c2nc3ccccc3c(=O)n2N=Cc2cccnc2)cc1C(C)C. The zero-order chi connectivity index (χ0) is 22.0. The van der Waals surface area contributed by atoms with Crippen LogP contribution in [0.2, 0.25) is 0 Å². The van der Waals surface area contributed by atoms with Gasteiger partial charge in [-0.3, -0.25) is 9.78 Å². The Hall–Kier alpha value is -3.80. The third-order valence-electron chi connectivity index (χ3n) is 5.20. The highest BCUT2D eigenvalue weighted by atomic mass is 16.5. The second kappa shape index (κ2) is 8.52.